The number of benzene rings is 3. The fourth-order valence-corrected chi connectivity index (χ4v) is 7.11. The van der Waals surface area contributed by atoms with Crippen LogP contribution in [0.25, 0.3) is 39.4 Å². The number of hydrogen-bond acceptors (Lipinski definition) is 7. The summed E-state index contributed by atoms with van der Waals surface area (Å²) in [6.07, 6.45) is 23.1. The van der Waals surface area contributed by atoms with Crippen molar-refractivity contribution in [2.45, 2.75) is 145 Å². The van der Waals surface area contributed by atoms with E-state index in [4.69, 9.17) is 15.1 Å². The van der Waals surface area contributed by atoms with Crippen molar-refractivity contribution in [3.63, 3.8) is 0 Å². The molecule has 0 amide bonds. The molecule has 0 fully saturated rings. The molecule has 0 radical (unpaired) electrons. The van der Waals surface area contributed by atoms with Gasteiger partial charge in [-0.2, -0.15) is 0 Å². The zero-order valence-corrected chi connectivity index (χ0v) is 40.8. The molecule has 0 saturated heterocycles. The maximum Gasteiger partial charge on any atom is 0.277 e. The van der Waals surface area contributed by atoms with Crippen molar-refractivity contribution in [2.75, 3.05) is 25.5 Å². The Morgan fingerprint density at radius 3 is 2.12 bits per heavy atom. The molecular formula is C56H80N6O2. The number of aromatic nitrogens is 3. The first kappa shape index (κ1) is 53.0. The lowest BCUT2D eigenvalue weighted by atomic mass is 9.98. The Hall–Kier alpha value is -5.31. The van der Waals surface area contributed by atoms with Crippen LogP contribution in [0.1, 0.15) is 154 Å². The molecular weight excluding hydrogens is 789 g/mol. The van der Waals surface area contributed by atoms with Gasteiger partial charge >= 0.3 is 0 Å². The molecule has 6 rings (SSSR count). The van der Waals surface area contributed by atoms with E-state index in [1.165, 1.54) is 80.1 Å². The van der Waals surface area contributed by atoms with Crippen LogP contribution in [0.5, 0.6) is 0 Å². The van der Waals surface area contributed by atoms with E-state index in [9.17, 15) is 4.79 Å². The second kappa shape index (κ2) is 29.9. The minimum absolute atomic E-state index is 0.106. The maximum atomic E-state index is 13.6. The number of aryl methyl sites for hydroxylation is 1. The standard InChI is InChI=1S/C35H40N4O2.C13H20N2.2C4H10/c1-3-22-39-34(27-17-15-26(16-18-27)12-8-6-4-5-7-11-21-36)37-24-31(35(39)40)38-25(2)28-19-20-33-30(23-28)29-13-9-10-14-32(29)41-33;1-10(2)13-5-6-15-9-12(13)7-11(3)8-14-4;2*1-3-4-2/h3,9-10,13-20,23-25,38H,1,4-8,11-12,21-22,36H2,2H3;5-7,9-10,14H,8H2,1-4H3;2*3-4H2,1-2H3/b;11-7+;;. The van der Waals surface area contributed by atoms with Crippen LogP contribution in [0.4, 0.5) is 5.69 Å². The lowest BCUT2D eigenvalue weighted by molar-refractivity contribution is 0.597. The fraction of sp³-hybridized carbons (Fsp3) is 0.446. The van der Waals surface area contributed by atoms with Gasteiger partial charge in [0.1, 0.15) is 22.7 Å². The van der Waals surface area contributed by atoms with Crippen LogP contribution in [0.3, 0.4) is 0 Å². The van der Waals surface area contributed by atoms with Gasteiger partial charge < -0.3 is 20.8 Å². The predicted octanol–water partition coefficient (Wildman–Crippen LogP) is 14.5. The molecule has 8 nitrogen and oxygen atoms in total. The molecule has 3 aromatic carbocycles. The smallest absolute Gasteiger partial charge is 0.277 e. The predicted molar refractivity (Wildman–Crippen MR) is 277 cm³/mol. The summed E-state index contributed by atoms with van der Waals surface area (Å²) in [6, 6.07) is 24.6. The zero-order valence-electron chi connectivity index (χ0n) is 40.8. The number of fused-ring (bicyclic) bond motifs is 3. The number of anilines is 1. The van der Waals surface area contributed by atoms with Crippen molar-refractivity contribution in [2.24, 2.45) is 5.73 Å². The first-order valence-corrected chi connectivity index (χ1v) is 24.0. The summed E-state index contributed by atoms with van der Waals surface area (Å²) in [4.78, 5) is 22.5. The molecule has 1 atom stereocenters. The first-order chi connectivity index (χ1) is 31.1. The molecule has 6 aromatic rings. The molecule has 346 valence electrons. The third kappa shape index (κ3) is 17.0. The van der Waals surface area contributed by atoms with Crippen LogP contribution in [0.15, 0.2) is 119 Å². The first-order valence-electron chi connectivity index (χ1n) is 24.0. The van der Waals surface area contributed by atoms with Crippen LogP contribution in [0, 0.1) is 0 Å². The van der Waals surface area contributed by atoms with Gasteiger partial charge in [0, 0.05) is 47.9 Å². The number of hydrogen-bond donors (Lipinski definition) is 3. The molecule has 3 aromatic heterocycles. The summed E-state index contributed by atoms with van der Waals surface area (Å²) >= 11 is 0. The number of para-hydroxylation sites is 1. The normalized spacial score (nSPS) is 11.6. The van der Waals surface area contributed by atoms with E-state index in [-0.39, 0.29) is 11.6 Å². The molecule has 0 aliphatic heterocycles. The Bertz CT molecular complexity index is 2310. The van der Waals surface area contributed by atoms with Gasteiger partial charge in [0.25, 0.3) is 5.56 Å². The minimum Gasteiger partial charge on any atom is -0.456 e. The molecule has 0 aliphatic rings. The Labute approximate surface area is 385 Å². The number of unbranched alkanes of at least 4 members (excludes halogenated alkanes) is 7. The Kier molecular flexibility index (Phi) is 24.8. The Morgan fingerprint density at radius 1 is 0.828 bits per heavy atom. The summed E-state index contributed by atoms with van der Waals surface area (Å²) in [5.74, 6) is 1.19. The van der Waals surface area contributed by atoms with Crippen molar-refractivity contribution < 1.29 is 4.42 Å². The van der Waals surface area contributed by atoms with Gasteiger partial charge in [0.15, 0.2) is 0 Å². The number of furan rings is 1. The van der Waals surface area contributed by atoms with E-state index in [1.807, 2.05) is 56.7 Å². The van der Waals surface area contributed by atoms with Crippen molar-refractivity contribution in [1.29, 1.82) is 0 Å². The number of nitrogens with one attached hydrogen (secondary N) is 2. The highest BCUT2D eigenvalue weighted by Crippen LogP contribution is 2.31. The topological polar surface area (TPSA) is 111 Å². The molecule has 1 unspecified atom stereocenters. The third-order valence-corrected chi connectivity index (χ3v) is 11.1. The van der Waals surface area contributed by atoms with E-state index in [2.05, 4.69) is 119 Å². The number of likely N-dealkylation sites (N-methyl/N-ethyl adjacent to an activating group) is 1. The van der Waals surface area contributed by atoms with Gasteiger partial charge in [0.2, 0.25) is 0 Å². The van der Waals surface area contributed by atoms with Crippen LogP contribution in [0.2, 0.25) is 0 Å². The molecule has 3 heterocycles. The van der Waals surface area contributed by atoms with Gasteiger partial charge in [-0.25, -0.2) is 4.98 Å². The number of rotatable bonds is 20. The van der Waals surface area contributed by atoms with E-state index in [0.29, 0.717) is 24.0 Å². The quantitative estimate of drug-likeness (QED) is 0.0517. The average Bonchev–Trinajstić information content (AvgIpc) is 3.69. The molecule has 0 aliphatic carbocycles. The molecule has 8 heteroatoms. The van der Waals surface area contributed by atoms with Gasteiger partial charge in [0.05, 0.1) is 6.20 Å². The fourth-order valence-electron chi connectivity index (χ4n) is 7.11. The van der Waals surface area contributed by atoms with Crippen LogP contribution < -0.4 is 21.9 Å². The minimum atomic E-state index is -0.115. The molecule has 0 bridgehead atoms. The van der Waals surface area contributed by atoms with Crippen LogP contribution in [-0.2, 0) is 13.0 Å². The van der Waals surface area contributed by atoms with Crippen molar-refractivity contribution in [1.82, 2.24) is 19.9 Å². The van der Waals surface area contributed by atoms with E-state index in [0.717, 1.165) is 59.0 Å². The second-order valence-electron chi connectivity index (χ2n) is 17.0. The summed E-state index contributed by atoms with van der Waals surface area (Å²) in [5, 5.41) is 8.69. The molecule has 64 heavy (non-hydrogen) atoms. The highest BCUT2D eigenvalue weighted by Gasteiger charge is 2.16. The lowest BCUT2D eigenvalue weighted by Gasteiger charge is -2.18. The van der Waals surface area contributed by atoms with Crippen molar-refractivity contribution >= 4 is 33.7 Å². The van der Waals surface area contributed by atoms with E-state index >= 15 is 0 Å². The number of nitrogens with two attached hydrogens (primary N) is 1. The third-order valence-electron chi connectivity index (χ3n) is 11.1. The Morgan fingerprint density at radius 2 is 1.48 bits per heavy atom. The summed E-state index contributed by atoms with van der Waals surface area (Å²) < 4.78 is 7.66. The largest absolute Gasteiger partial charge is 0.456 e. The summed E-state index contributed by atoms with van der Waals surface area (Å²) in [6.45, 7) is 23.3. The highest BCUT2D eigenvalue weighted by atomic mass is 16.3. The number of pyridine rings is 1. The maximum absolute atomic E-state index is 13.6. The monoisotopic (exact) mass is 869 g/mol. The highest BCUT2D eigenvalue weighted by molar-refractivity contribution is 6.05. The number of allylic oxidation sites excluding steroid dienone is 1. The van der Waals surface area contributed by atoms with Gasteiger partial charge in [-0.1, -0.05) is 159 Å². The number of nitrogens with zero attached hydrogens (tertiary/aromatic N) is 3. The van der Waals surface area contributed by atoms with E-state index in [1.54, 1.807) is 16.8 Å². The SMILES string of the molecule is C=CCn1c(-c2ccc(CCCCCCCCN)cc2)ncc(NC(C)c2ccc3oc4ccccc4c3c2)c1=O.CCCC.CCCC.CNC/C(C)=C/c1cnccc1C(C)C. The summed E-state index contributed by atoms with van der Waals surface area (Å²) in [7, 11) is 1.96. The van der Waals surface area contributed by atoms with Gasteiger partial charge in [-0.15, -0.1) is 6.58 Å². The van der Waals surface area contributed by atoms with Gasteiger partial charge in [-0.3, -0.25) is 14.3 Å². The van der Waals surface area contributed by atoms with Crippen LogP contribution in [-0.4, -0.2) is 34.7 Å². The Balaban J connectivity index is 0.000000390. The molecule has 0 saturated carbocycles. The molecule has 4 N–H and O–H groups in total. The summed E-state index contributed by atoms with van der Waals surface area (Å²) in [5.41, 5.74) is 14.9. The second-order valence-corrected chi connectivity index (χ2v) is 17.0. The lowest BCUT2D eigenvalue weighted by Crippen LogP contribution is -2.26. The van der Waals surface area contributed by atoms with E-state index < -0.39 is 0 Å². The average molecular weight is 869 g/mol. The zero-order chi connectivity index (χ0) is 46.7. The van der Waals surface area contributed by atoms with Gasteiger partial charge in [-0.05, 0) is 99.1 Å². The molecule has 0 spiro atoms. The van der Waals surface area contributed by atoms with Crippen molar-refractivity contribution in [3.8, 4) is 11.4 Å². The van der Waals surface area contributed by atoms with Crippen molar-refractivity contribution in [3.05, 3.63) is 142 Å². The van der Waals surface area contributed by atoms with Crippen LogP contribution >= 0.6 is 0 Å².